The van der Waals surface area contributed by atoms with Crippen LogP contribution in [0.15, 0.2) is 0 Å². The highest BCUT2D eigenvalue weighted by Gasteiger charge is 2.20. The smallest absolute Gasteiger partial charge is 0.0264 e. The first-order chi connectivity index (χ1) is 6.45. The standard InChI is InChI=1S/C12H24Si/c1-3-7-11(8-4-1)13-12-9-5-2-6-10-12/h11-12H,1-10,13H2. The van der Waals surface area contributed by atoms with Crippen molar-refractivity contribution in [2.45, 2.75) is 75.3 Å². The zero-order chi connectivity index (χ0) is 8.93. The minimum Gasteiger partial charge on any atom is -0.0533 e. The van der Waals surface area contributed by atoms with Gasteiger partial charge < -0.3 is 0 Å². The molecule has 2 fully saturated rings. The van der Waals surface area contributed by atoms with Crippen molar-refractivity contribution in [3.05, 3.63) is 0 Å². The van der Waals surface area contributed by atoms with E-state index in [4.69, 9.17) is 0 Å². The molecule has 0 atom stereocenters. The van der Waals surface area contributed by atoms with Crippen molar-refractivity contribution in [1.29, 1.82) is 0 Å². The molecule has 76 valence electrons. The van der Waals surface area contributed by atoms with E-state index in [0.717, 1.165) is 0 Å². The maximum Gasteiger partial charge on any atom is 0.0264 e. The predicted molar refractivity (Wildman–Crippen MR) is 62.2 cm³/mol. The molecule has 0 unspecified atom stereocenters. The molecule has 0 aromatic heterocycles. The maximum atomic E-state index is 1.61. The summed E-state index contributed by atoms with van der Waals surface area (Å²) in [5.41, 5.74) is 2.52. The molecule has 2 aliphatic carbocycles. The van der Waals surface area contributed by atoms with Crippen LogP contribution in [0.2, 0.25) is 11.1 Å². The zero-order valence-corrected chi connectivity index (χ0v) is 10.3. The van der Waals surface area contributed by atoms with Crippen LogP contribution in [-0.4, -0.2) is 9.52 Å². The minimum absolute atomic E-state index is 0.320. The zero-order valence-electron chi connectivity index (χ0n) is 8.93. The fraction of sp³-hybridized carbons (Fsp3) is 1.00. The lowest BCUT2D eigenvalue weighted by Crippen LogP contribution is -2.16. The second kappa shape index (κ2) is 5.19. The summed E-state index contributed by atoms with van der Waals surface area (Å²) >= 11 is 0. The van der Waals surface area contributed by atoms with Crippen molar-refractivity contribution in [3.8, 4) is 0 Å². The Bertz CT molecular complexity index is 116. The van der Waals surface area contributed by atoms with Gasteiger partial charge in [-0.1, -0.05) is 75.3 Å². The summed E-state index contributed by atoms with van der Waals surface area (Å²) in [5.74, 6) is 0. The average Bonchev–Trinajstić information content (AvgIpc) is 2.21. The van der Waals surface area contributed by atoms with E-state index in [1.54, 1.807) is 51.4 Å². The van der Waals surface area contributed by atoms with Crippen LogP contribution >= 0.6 is 0 Å². The van der Waals surface area contributed by atoms with E-state index in [1.165, 1.54) is 23.9 Å². The molecule has 0 aromatic carbocycles. The molecule has 0 spiro atoms. The van der Waals surface area contributed by atoms with E-state index in [9.17, 15) is 0 Å². The molecule has 0 saturated heterocycles. The summed E-state index contributed by atoms with van der Waals surface area (Å²) in [6.45, 7) is 0. The van der Waals surface area contributed by atoms with Crippen molar-refractivity contribution in [3.63, 3.8) is 0 Å². The Morgan fingerprint density at radius 3 is 1.31 bits per heavy atom. The van der Waals surface area contributed by atoms with Gasteiger partial charge in [0.2, 0.25) is 0 Å². The van der Waals surface area contributed by atoms with Gasteiger partial charge in [0.05, 0.1) is 0 Å². The Morgan fingerprint density at radius 1 is 0.538 bits per heavy atom. The van der Waals surface area contributed by atoms with E-state index >= 15 is 0 Å². The average molecular weight is 196 g/mol. The lowest BCUT2D eigenvalue weighted by atomic mass is 9.99. The van der Waals surface area contributed by atoms with Gasteiger partial charge in [0.15, 0.2) is 0 Å². The molecule has 2 aliphatic rings. The van der Waals surface area contributed by atoms with Crippen LogP contribution in [-0.2, 0) is 0 Å². The molecule has 1 heteroatoms. The van der Waals surface area contributed by atoms with Gasteiger partial charge in [-0.3, -0.25) is 0 Å². The van der Waals surface area contributed by atoms with E-state index in [1.807, 2.05) is 0 Å². The third-order valence-corrected chi connectivity index (χ3v) is 7.08. The first-order valence-corrected chi connectivity index (χ1v) is 8.08. The van der Waals surface area contributed by atoms with E-state index in [2.05, 4.69) is 0 Å². The summed E-state index contributed by atoms with van der Waals surface area (Å²) in [7, 11) is 0.320. The van der Waals surface area contributed by atoms with Gasteiger partial charge in [-0.05, 0) is 0 Å². The van der Waals surface area contributed by atoms with E-state index < -0.39 is 0 Å². The van der Waals surface area contributed by atoms with Crippen molar-refractivity contribution in [2.75, 3.05) is 0 Å². The highest BCUT2D eigenvalue weighted by Crippen LogP contribution is 2.36. The fourth-order valence-corrected chi connectivity index (χ4v) is 6.36. The van der Waals surface area contributed by atoms with Gasteiger partial charge in [0.25, 0.3) is 0 Å². The first-order valence-electron chi connectivity index (χ1n) is 6.45. The Kier molecular flexibility index (Phi) is 3.89. The summed E-state index contributed by atoms with van der Waals surface area (Å²) in [5, 5.41) is 0. The highest BCUT2D eigenvalue weighted by atomic mass is 28.2. The van der Waals surface area contributed by atoms with Crippen molar-refractivity contribution in [1.82, 2.24) is 0 Å². The normalized spacial score (nSPS) is 27.7. The van der Waals surface area contributed by atoms with E-state index in [-0.39, 0.29) is 0 Å². The van der Waals surface area contributed by atoms with Crippen LogP contribution in [0.25, 0.3) is 0 Å². The molecule has 0 bridgehead atoms. The molecule has 0 heterocycles. The quantitative estimate of drug-likeness (QED) is 0.591. The van der Waals surface area contributed by atoms with Crippen molar-refractivity contribution < 1.29 is 0 Å². The SMILES string of the molecule is C1CCC([SiH2]C2CCCCC2)CC1. The monoisotopic (exact) mass is 196 g/mol. The summed E-state index contributed by atoms with van der Waals surface area (Å²) < 4.78 is 0. The Morgan fingerprint density at radius 2 is 0.923 bits per heavy atom. The molecular formula is C12H24Si. The maximum absolute atomic E-state index is 1.61. The third kappa shape index (κ3) is 3.12. The number of hydrogen-bond acceptors (Lipinski definition) is 0. The molecule has 0 radical (unpaired) electrons. The molecule has 0 aliphatic heterocycles. The highest BCUT2D eigenvalue weighted by molar-refractivity contribution is 6.39. The van der Waals surface area contributed by atoms with Crippen molar-refractivity contribution in [2.24, 2.45) is 0 Å². The van der Waals surface area contributed by atoms with Gasteiger partial charge in [-0.15, -0.1) is 0 Å². The number of rotatable bonds is 2. The molecule has 13 heavy (non-hydrogen) atoms. The fourth-order valence-electron chi connectivity index (χ4n) is 3.32. The molecule has 0 aromatic rings. The Hall–Kier alpha value is 0.217. The van der Waals surface area contributed by atoms with Crippen LogP contribution in [0.4, 0.5) is 0 Å². The van der Waals surface area contributed by atoms with Gasteiger partial charge >= 0.3 is 0 Å². The van der Waals surface area contributed by atoms with Gasteiger partial charge in [0.1, 0.15) is 0 Å². The molecule has 0 nitrogen and oxygen atoms in total. The Balaban J connectivity index is 1.69. The topological polar surface area (TPSA) is 0 Å². The minimum atomic E-state index is 0.320. The molecular weight excluding hydrogens is 172 g/mol. The second-order valence-electron chi connectivity index (χ2n) is 5.24. The van der Waals surface area contributed by atoms with Crippen molar-refractivity contribution >= 4 is 9.52 Å². The molecule has 0 N–H and O–H groups in total. The van der Waals surface area contributed by atoms with Gasteiger partial charge in [-0.25, -0.2) is 0 Å². The van der Waals surface area contributed by atoms with Crippen LogP contribution in [0.5, 0.6) is 0 Å². The van der Waals surface area contributed by atoms with Crippen LogP contribution in [0.1, 0.15) is 64.2 Å². The molecule has 2 saturated carbocycles. The summed E-state index contributed by atoms with van der Waals surface area (Å²) in [4.78, 5) is 0. The Labute approximate surface area is 85.3 Å². The number of hydrogen-bond donors (Lipinski definition) is 0. The third-order valence-electron chi connectivity index (χ3n) is 4.12. The van der Waals surface area contributed by atoms with E-state index in [0.29, 0.717) is 9.52 Å². The van der Waals surface area contributed by atoms with Gasteiger partial charge in [0, 0.05) is 9.52 Å². The largest absolute Gasteiger partial charge is 0.0533 e. The lowest BCUT2D eigenvalue weighted by Gasteiger charge is -2.28. The summed E-state index contributed by atoms with van der Waals surface area (Å²) in [6, 6.07) is 0. The second-order valence-corrected chi connectivity index (χ2v) is 8.02. The predicted octanol–water partition coefficient (Wildman–Crippen LogP) is 3.66. The van der Waals surface area contributed by atoms with Crippen LogP contribution < -0.4 is 0 Å². The summed E-state index contributed by atoms with van der Waals surface area (Å²) in [6.07, 6.45) is 15.8. The molecule has 2 rings (SSSR count). The van der Waals surface area contributed by atoms with Crippen LogP contribution in [0, 0.1) is 0 Å². The molecule has 0 amide bonds. The lowest BCUT2D eigenvalue weighted by molar-refractivity contribution is 0.470. The first kappa shape index (κ1) is 9.76. The van der Waals surface area contributed by atoms with Gasteiger partial charge in [-0.2, -0.15) is 0 Å². The van der Waals surface area contributed by atoms with Crippen LogP contribution in [0.3, 0.4) is 0 Å².